The lowest BCUT2D eigenvalue weighted by Crippen LogP contribution is -2.44. The van der Waals surface area contributed by atoms with Crippen LogP contribution in [0.25, 0.3) is 22.3 Å². The zero-order valence-electron chi connectivity index (χ0n) is 32.2. The van der Waals surface area contributed by atoms with Crippen molar-refractivity contribution in [2.45, 2.75) is 110 Å². The van der Waals surface area contributed by atoms with E-state index in [1.165, 1.54) is 10.6 Å². The standard InChI is InChI=1S/C40H50FN7O8/c1-5-40(55)25-15-29-35-23(17-48(29)37(52)24(25)18-56-38(40)53)33-27(11-10-22-20(4)26(41)16-28(47-35)32(22)33)46-31(50)9-7-12-44-36(51)21(8-6-13-45-39(43)54)14-30(49)34(42)19(2)3/h15-16,19,21,27,34,55H,5-14,17-18,42H2,1-4H3,(H,44,51)(H,46,50)(H3,43,45,54)/t21-,27+,34+,40+/m1/s1. The molecule has 0 fully saturated rings. The topological polar surface area (TPSA) is 238 Å². The summed E-state index contributed by atoms with van der Waals surface area (Å²) in [5.41, 5.74) is 13.0. The van der Waals surface area contributed by atoms with Crippen molar-refractivity contribution in [2.75, 3.05) is 13.1 Å². The summed E-state index contributed by atoms with van der Waals surface area (Å²) in [6.45, 7) is 7.26. The number of nitrogens with one attached hydrogen (secondary N) is 3. The Morgan fingerprint density at radius 2 is 1.84 bits per heavy atom. The summed E-state index contributed by atoms with van der Waals surface area (Å²) in [6.07, 6.45) is 2.00. The Bertz CT molecular complexity index is 2190. The molecule has 1 aromatic carbocycles. The smallest absolute Gasteiger partial charge is 0.343 e. The van der Waals surface area contributed by atoms with E-state index in [1.54, 1.807) is 19.9 Å². The second-order valence-electron chi connectivity index (χ2n) is 15.4. The molecule has 8 N–H and O–H groups in total. The van der Waals surface area contributed by atoms with Crippen LogP contribution in [0.2, 0.25) is 0 Å². The summed E-state index contributed by atoms with van der Waals surface area (Å²) in [5, 5.41) is 20.5. The lowest BCUT2D eigenvalue weighted by atomic mass is 9.81. The van der Waals surface area contributed by atoms with Crippen LogP contribution in [-0.4, -0.2) is 63.4 Å². The predicted octanol–water partition coefficient (Wildman–Crippen LogP) is 2.53. The number of ketones is 1. The number of carbonyl (C=O) groups is 5. The van der Waals surface area contributed by atoms with Gasteiger partial charge in [0.25, 0.3) is 5.56 Å². The van der Waals surface area contributed by atoms with E-state index in [4.69, 9.17) is 21.2 Å². The third-order valence-electron chi connectivity index (χ3n) is 11.5. The summed E-state index contributed by atoms with van der Waals surface area (Å²) < 4.78 is 22.0. The summed E-state index contributed by atoms with van der Waals surface area (Å²) in [4.78, 5) is 82.0. The first-order valence-corrected chi connectivity index (χ1v) is 19.3. The third kappa shape index (κ3) is 7.51. The van der Waals surface area contributed by atoms with Crippen LogP contribution in [0.4, 0.5) is 9.18 Å². The Balaban J connectivity index is 1.20. The highest BCUT2D eigenvalue weighted by molar-refractivity contribution is 5.94. The first-order valence-electron chi connectivity index (χ1n) is 19.3. The van der Waals surface area contributed by atoms with Gasteiger partial charge in [0.05, 0.1) is 41.1 Å². The monoisotopic (exact) mass is 775 g/mol. The molecule has 0 unspecified atom stereocenters. The maximum atomic E-state index is 15.3. The van der Waals surface area contributed by atoms with Crippen LogP contribution in [0.1, 0.15) is 105 Å². The molecule has 2 aromatic heterocycles. The molecule has 56 heavy (non-hydrogen) atoms. The number of amides is 4. The largest absolute Gasteiger partial charge is 0.458 e. The van der Waals surface area contributed by atoms with Gasteiger partial charge in [-0.15, -0.1) is 0 Å². The molecule has 2 aliphatic heterocycles. The van der Waals surface area contributed by atoms with E-state index in [-0.39, 0.29) is 80.1 Å². The Kier molecular flexibility index (Phi) is 11.6. The maximum Gasteiger partial charge on any atom is 0.343 e. The van der Waals surface area contributed by atoms with Gasteiger partial charge in [0.15, 0.2) is 11.4 Å². The molecule has 0 radical (unpaired) electrons. The van der Waals surface area contributed by atoms with Crippen molar-refractivity contribution in [1.82, 2.24) is 25.5 Å². The number of pyridine rings is 2. The number of hydrogen-bond acceptors (Lipinski definition) is 10. The van der Waals surface area contributed by atoms with Gasteiger partial charge in [0, 0.05) is 54.4 Å². The molecular formula is C40H50FN7O8. The minimum atomic E-state index is -2.01. The third-order valence-corrected chi connectivity index (χ3v) is 11.5. The van der Waals surface area contributed by atoms with Gasteiger partial charge in [-0.05, 0) is 74.1 Å². The summed E-state index contributed by atoms with van der Waals surface area (Å²) in [5.74, 6) is -2.88. The van der Waals surface area contributed by atoms with Gasteiger partial charge >= 0.3 is 12.0 Å². The summed E-state index contributed by atoms with van der Waals surface area (Å²) in [6, 6.07) is 1.07. The van der Waals surface area contributed by atoms with Crippen LogP contribution in [0.15, 0.2) is 16.9 Å². The summed E-state index contributed by atoms with van der Waals surface area (Å²) >= 11 is 0. The van der Waals surface area contributed by atoms with Crippen LogP contribution >= 0.6 is 0 Å². The number of urea groups is 1. The molecule has 4 heterocycles. The van der Waals surface area contributed by atoms with Crippen LogP contribution in [0.5, 0.6) is 0 Å². The summed E-state index contributed by atoms with van der Waals surface area (Å²) in [7, 11) is 0. The number of nitrogens with two attached hydrogens (primary N) is 2. The van der Waals surface area contributed by atoms with Crippen LogP contribution in [-0.2, 0) is 49.1 Å². The number of aromatic nitrogens is 2. The highest BCUT2D eigenvalue weighted by atomic mass is 19.1. The van der Waals surface area contributed by atoms with Gasteiger partial charge in [-0.2, -0.15) is 0 Å². The Morgan fingerprint density at radius 3 is 2.54 bits per heavy atom. The van der Waals surface area contributed by atoms with Gasteiger partial charge in [0.1, 0.15) is 12.4 Å². The molecular weight excluding hydrogens is 725 g/mol. The number of halogens is 1. The molecule has 4 amide bonds. The molecule has 300 valence electrons. The fraction of sp³-hybridized carbons (Fsp3) is 0.525. The number of rotatable bonds is 15. The number of primary amides is 1. The Labute approximate surface area is 323 Å². The van der Waals surface area contributed by atoms with Gasteiger partial charge in [-0.1, -0.05) is 20.8 Å². The second-order valence-corrected chi connectivity index (χ2v) is 15.4. The molecule has 15 nitrogen and oxygen atoms in total. The van der Waals surface area contributed by atoms with Crippen molar-refractivity contribution in [3.8, 4) is 11.4 Å². The van der Waals surface area contributed by atoms with E-state index in [0.29, 0.717) is 60.1 Å². The van der Waals surface area contributed by atoms with Gasteiger partial charge in [-0.25, -0.2) is 19.0 Å². The zero-order chi connectivity index (χ0) is 40.6. The quantitative estimate of drug-likeness (QED) is 0.0762. The van der Waals surface area contributed by atoms with Crippen LogP contribution in [0, 0.1) is 24.6 Å². The first kappa shape index (κ1) is 40.4. The van der Waals surface area contributed by atoms with Crippen molar-refractivity contribution in [1.29, 1.82) is 0 Å². The number of carbonyl (C=O) groups excluding carboxylic acids is 5. The number of fused-ring (bicyclic) bond motifs is 5. The molecule has 0 spiro atoms. The number of aliphatic hydroxyl groups is 1. The Morgan fingerprint density at radius 1 is 1.11 bits per heavy atom. The van der Waals surface area contributed by atoms with Gasteiger partial charge in [0.2, 0.25) is 11.8 Å². The SMILES string of the molecule is CC[C@@]1(O)C(=O)OCc2c1cc1n(c2=O)Cc2c-1nc1cc(F)c(C)c3c1c2[C@@H](NC(=O)CCCNC(=O)[C@H](CCCNC(N)=O)CC(=O)[C@@H](N)C(C)C)CC3. The molecule has 1 aliphatic carbocycles. The fourth-order valence-electron chi connectivity index (χ4n) is 8.21. The number of aryl methyl sites for hydroxylation is 1. The average molecular weight is 776 g/mol. The molecule has 3 aliphatic rings. The lowest BCUT2D eigenvalue weighted by molar-refractivity contribution is -0.172. The normalized spacial score (nSPS) is 19.1. The van der Waals surface area contributed by atoms with Crippen molar-refractivity contribution in [3.05, 3.63) is 61.7 Å². The number of cyclic esters (lactones) is 1. The van der Waals surface area contributed by atoms with Crippen molar-refractivity contribution < 1.29 is 38.2 Å². The van der Waals surface area contributed by atoms with Crippen LogP contribution < -0.4 is 33.0 Å². The number of Topliss-reactive ketones (excluding diaryl/α,β-unsaturated/α-hetero) is 1. The molecule has 0 saturated heterocycles. The van der Waals surface area contributed by atoms with Crippen molar-refractivity contribution >= 4 is 40.5 Å². The van der Waals surface area contributed by atoms with E-state index in [9.17, 15) is 33.9 Å². The molecule has 0 saturated carbocycles. The highest BCUT2D eigenvalue weighted by Crippen LogP contribution is 2.46. The molecule has 16 heteroatoms. The van der Waals surface area contributed by atoms with Gasteiger partial charge < -0.3 is 41.8 Å². The highest BCUT2D eigenvalue weighted by Gasteiger charge is 2.46. The number of ether oxygens (including phenoxy) is 1. The number of esters is 1. The average Bonchev–Trinajstić information content (AvgIpc) is 3.53. The Hall–Kier alpha value is -5.22. The number of benzene rings is 1. The molecule has 3 aromatic rings. The molecule has 0 bridgehead atoms. The van der Waals surface area contributed by atoms with Gasteiger partial charge in [-0.3, -0.25) is 19.2 Å². The predicted molar refractivity (Wildman–Crippen MR) is 203 cm³/mol. The molecule has 4 atom stereocenters. The zero-order valence-corrected chi connectivity index (χ0v) is 32.2. The second kappa shape index (κ2) is 16.1. The number of nitrogens with zero attached hydrogens (tertiary/aromatic N) is 2. The lowest BCUT2D eigenvalue weighted by Gasteiger charge is -2.31. The first-order chi connectivity index (χ1) is 26.6. The van der Waals surface area contributed by atoms with Crippen molar-refractivity contribution in [2.24, 2.45) is 23.3 Å². The van der Waals surface area contributed by atoms with E-state index in [0.717, 1.165) is 16.5 Å². The van der Waals surface area contributed by atoms with Crippen LogP contribution in [0.3, 0.4) is 0 Å². The fourth-order valence-corrected chi connectivity index (χ4v) is 8.21. The number of hydrogen-bond donors (Lipinski definition) is 6. The van der Waals surface area contributed by atoms with E-state index in [1.807, 2.05) is 13.8 Å². The maximum absolute atomic E-state index is 15.3. The van der Waals surface area contributed by atoms with E-state index in [2.05, 4.69) is 16.0 Å². The minimum absolute atomic E-state index is 0.0139. The van der Waals surface area contributed by atoms with Crippen molar-refractivity contribution in [3.63, 3.8) is 0 Å². The van der Waals surface area contributed by atoms with E-state index >= 15 is 4.39 Å². The van der Waals surface area contributed by atoms with E-state index < -0.39 is 47.0 Å². The minimum Gasteiger partial charge on any atom is -0.458 e. The molecule has 6 rings (SSSR count).